The molecule has 0 aliphatic heterocycles. The molecular weight excluding hydrogens is 222 g/mol. The molecule has 0 aliphatic rings. The Bertz CT molecular complexity index is 517. The van der Waals surface area contributed by atoms with Crippen molar-refractivity contribution in [1.29, 1.82) is 0 Å². The molecule has 2 nitrogen and oxygen atoms in total. The summed E-state index contributed by atoms with van der Waals surface area (Å²) < 4.78 is 0. The molecule has 18 heavy (non-hydrogen) atoms. The van der Waals surface area contributed by atoms with Crippen molar-refractivity contribution in [2.45, 2.75) is 20.4 Å². The van der Waals surface area contributed by atoms with Gasteiger partial charge in [0.1, 0.15) is 0 Å². The molecule has 2 aromatic carbocycles. The van der Waals surface area contributed by atoms with Crippen molar-refractivity contribution < 1.29 is 4.79 Å². The molecule has 0 aromatic heterocycles. The number of carbonyl (C=O) groups is 1. The quantitative estimate of drug-likeness (QED) is 0.802. The van der Waals surface area contributed by atoms with Crippen molar-refractivity contribution in [2.24, 2.45) is 0 Å². The van der Waals surface area contributed by atoms with Crippen LogP contribution < -0.4 is 4.90 Å². The molecule has 0 heterocycles. The van der Waals surface area contributed by atoms with E-state index in [0.29, 0.717) is 6.54 Å². The number of hydrogen-bond acceptors (Lipinski definition) is 1. The second-order valence-electron chi connectivity index (χ2n) is 4.43. The molecule has 0 saturated carbocycles. The minimum atomic E-state index is 0.0581. The Morgan fingerprint density at radius 2 is 1.61 bits per heavy atom. The fourth-order valence-corrected chi connectivity index (χ4v) is 1.88. The van der Waals surface area contributed by atoms with Gasteiger partial charge in [-0.2, -0.15) is 0 Å². The van der Waals surface area contributed by atoms with Crippen LogP contribution in [0.5, 0.6) is 0 Å². The number of aryl methyl sites for hydroxylation is 1. The molecule has 0 radical (unpaired) electrons. The third kappa shape index (κ3) is 2.98. The lowest BCUT2D eigenvalue weighted by atomic mass is 10.1. The predicted molar refractivity (Wildman–Crippen MR) is 74.5 cm³/mol. The van der Waals surface area contributed by atoms with Gasteiger partial charge in [-0.25, -0.2) is 0 Å². The number of benzene rings is 2. The van der Waals surface area contributed by atoms with Gasteiger partial charge in [0.15, 0.2) is 0 Å². The van der Waals surface area contributed by atoms with Crippen LogP contribution in [0.15, 0.2) is 54.6 Å². The molecule has 92 valence electrons. The van der Waals surface area contributed by atoms with Crippen LogP contribution in [0.25, 0.3) is 0 Å². The highest BCUT2D eigenvalue weighted by atomic mass is 16.2. The number of anilines is 1. The molecule has 0 N–H and O–H groups in total. The Balaban J connectivity index is 2.24. The Morgan fingerprint density at radius 1 is 1.00 bits per heavy atom. The smallest absolute Gasteiger partial charge is 0.224 e. The van der Waals surface area contributed by atoms with Crippen LogP contribution in [0.4, 0.5) is 5.69 Å². The maximum absolute atomic E-state index is 11.8. The zero-order valence-electron chi connectivity index (χ0n) is 10.8. The summed E-state index contributed by atoms with van der Waals surface area (Å²) in [4.78, 5) is 13.5. The van der Waals surface area contributed by atoms with Gasteiger partial charge in [0, 0.05) is 12.6 Å². The Hall–Kier alpha value is -2.09. The maximum Gasteiger partial charge on any atom is 0.224 e. The normalized spacial score (nSPS) is 10.1. The maximum atomic E-state index is 11.8. The minimum Gasteiger partial charge on any atom is -0.308 e. The summed E-state index contributed by atoms with van der Waals surface area (Å²) >= 11 is 0. The summed E-state index contributed by atoms with van der Waals surface area (Å²) in [5, 5.41) is 0. The van der Waals surface area contributed by atoms with E-state index in [4.69, 9.17) is 0 Å². The second-order valence-corrected chi connectivity index (χ2v) is 4.43. The summed E-state index contributed by atoms with van der Waals surface area (Å²) in [5.41, 5.74) is 3.27. The fourth-order valence-electron chi connectivity index (χ4n) is 1.88. The van der Waals surface area contributed by atoms with E-state index in [-0.39, 0.29) is 5.91 Å². The molecule has 1 amide bonds. The predicted octanol–water partition coefficient (Wildman–Crippen LogP) is 3.55. The van der Waals surface area contributed by atoms with E-state index in [1.54, 1.807) is 11.8 Å². The van der Waals surface area contributed by atoms with Crippen LogP contribution in [-0.2, 0) is 11.3 Å². The molecule has 0 spiro atoms. The van der Waals surface area contributed by atoms with E-state index < -0.39 is 0 Å². The molecule has 0 atom stereocenters. The zero-order valence-corrected chi connectivity index (χ0v) is 10.8. The lowest BCUT2D eigenvalue weighted by Crippen LogP contribution is -2.27. The van der Waals surface area contributed by atoms with Crippen LogP contribution in [0.1, 0.15) is 18.1 Å². The highest BCUT2D eigenvalue weighted by Gasteiger charge is 2.11. The Kier molecular flexibility index (Phi) is 3.78. The van der Waals surface area contributed by atoms with Crippen LogP contribution in [0.3, 0.4) is 0 Å². The number of rotatable bonds is 3. The SMILES string of the molecule is CC(=O)N(Cc1ccccc1)c1ccc(C)cc1. The largest absolute Gasteiger partial charge is 0.308 e. The van der Waals surface area contributed by atoms with Crippen LogP contribution in [0.2, 0.25) is 0 Å². The van der Waals surface area contributed by atoms with E-state index in [9.17, 15) is 4.79 Å². The van der Waals surface area contributed by atoms with E-state index in [1.165, 1.54) is 5.56 Å². The summed E-state index contributed by atoms with van der Waals surface area (Å²) in [5.74, 6) is 0.0581. The van der Waals surface area contributed by atoms with Gasteiger partial charge in [0.05, 0.1) is 6.54 Å². The Labute approximate surface area is 108 Å². The molecule has 2 aromatic rings. The zero-order chi connectivity index (χ0) is 13.0. The lowest BCUT2D eigenvalue weighted by Gasteiger charge is -2.21. The molecular formula is C16H17NO. The first-order valence-corrected chi connectivity index (χ1v) is 6.05. The highest BCUT2D eigenvalue weighted by Crippen LogP contribution is 2.18. The summed E-state index contributed by atoms with van der Waals surface area (Å²) in [6.07, 6.45) is 0. The summed E-state index contributed by atoms with van der Waals surface area (Å²) in [6, 6.07) is 18.0. The van der Waals surface area contributed by atoms with Crippen LogP contribution in [-0.4, -0.2) is 5.91 Å². The van der Waals surface area contributed by atoms with Crippen molar-refractivity contribution in [2.75, 3.05) is 4.90 Å². The topological polar surface area (TPSA) is 20.3 Å². The first kappa shape index (κ1) is 12.4. The number of hydrogen-bond donors (Lipinski definition) is 0. The van der Waals surface area contributed by atoms with E-state index in [0.717, 1.165) is 11.3 Å². The molecule has 0 bridgehead atoms. The van der Waals surface area contributed by atoms with Crippen molar-refractivity contribution in [3.8, 4) is 0 Å². The van der Waals surface area contributed by atoms with E-state index >= 15 is 0 Å². The minimum absolute atomic E-state index is 0.0581. The molecule has 0 saturated heterocycles. The van der Waals surface area contributed by atoms with Gasteiger partial charge in [-0.15, -0.1) is 0 Å². The first-order valence-electron chi connectivity index (χ1n) is 6.05. The monoisotopic (exact) mass is 239 g/mol. The summed E-state index contributed by atoms with van der Waals surface area (Å²) in [6.45, 7) is 4.25. The van der Waals surface area contributed by atoms with E-state index in [1.807, 2.05) is 61.5 Å². The van der Waals surface area contributed by atoms with E-state index in [2.05, 4.69) is 0 Å². The first-order chi connectivity index (χ1) is 8.66. The third-order valence-corrected chi connectivity index (χ3v) is 2.91. The molecule has 0 aliphatic carbocycles. The highest BCUT2D eigenvalue weighted by molar-refractivity contribution is 5.91. The van der Waals surface area contributed by atoms with Gasteiger partial charge in [0.25, 0.3) is 0 Å². The molecule has 0 unspecified atom stereocenters. The van der Waals surface area contributed by atoms with Crippen LogP contribution >= 0.6 is 0 Å². The lowest BCUT2D eigenvalue weighted by molar-refractivity contribution is -0.116. The average molecular weight is 239 g/mol. The van der Waals surface area contributed by atoms with Crippen LogP contribution in [0, 0.1) is 6.92 Å². The molecule has 2 heteroatoms. The van der Waals surface area contributed by atoms with Gasteiger partial charge in [-0.3, -0.25) is 4.79 Å². The van der Waals surface area contributed by atoms with Gasteiger partial charge in [0.2, 0.25) is 5.91 Å². The molecule has 2 rings (SSSR count). The van der Waals surface area contributed by atoms with Crippen molar-refractivity contribution in [3.63, 3.8) is 0 Å². The number of carbonyl (C=O) groups excluding carboxylic acids is 1. The van der Waals surface area contributed by atoms with Gasteiger partial charge in [-0.1, -0.05) is 48.0 Å². The average Bonchev–Trinajstić information content (AvgIpc) is 2.38. The van der Waals surface area contributed by atoms with Crippen molar-refractivity contribution in [3.05, 3.63) is 65.7 Å². The van der Waals surface area contributed by atoms with Gasteiger partial charge >= 0.3 is 0 Å². The van der Waals surface area contributed by atoms with Gasteiger partial charge < -0.3 is 4.90 Å². The second kappa shape index (κ2) is 5.50. The van der Waals surface area contributed by atoms with Crippen molar-refractivity contribution in [1.82, 2.24) is 0 Å². The third-order valence-electron chi connectivity index (χ3n) is 2.91. The summed E-state index contributed by atoms with van der Waals surface area (Å²) in [7, 11) is 0. The number of amides is 1. The van der Waals surface area contributed by atoms with Crippen molar-refractivity contribution >= 4 is 11.6 Å². The standard InChI is InChI=1S/C16H17NO/c1-13-8-10-16(11-9-13)17(14(2)18)12-15-6-4-3-5-7-15/h3-11H,12H2,1-2H3. The Morgan fingerprint density at radius 3 is 2.17 bits per heavy atom. The molecule has 0 fully saturated rings. The fraction of sp³-hybridized carbons (Fsp3) is 0.188. The number of nitrogens with zero attached hydrogens (tertiary/aromatic N) is 1. The van der Waals surface area contributed by atoms with Gasteiger partial charge in [-0.05, 0) is 24.6 Å².